The molecule has 1 atom stereocenters. The van der Waals surface area contributed by atoms with E-state index in [0.717, 1.165) is 5.56 Å². The molecule has 0 saturated carbocycles. The third kappa shape index (κ3) is 6.81. The second kappa shape index (κ2) is 9.94. The number of amides is 1. The van der Waals surface area contributed by atoms with Gasteiger partial charge in [0.15, 0.2) is 12.4 Å². The number of sulfonamides is 1. The fraction of sp³-hybridized carbons (Fsp3) is 0.250. The molecule has 2 N–H and O–H groups in total. The number of hydrogen-bond donors (Lipinski definition) is 2. The zero-order valence-corrected chi connectivity index (χ0v) is 16.9. The van der Waals surface area contributed by atoms with E-state index in [1.165, 1.54) is 38.1 Å². The number of rotatable bonds is 9. The van der Waals surface area contributed by atoms with Gasteiger partial charge in [-0.25, -0.2) is 8.42 Å². The minimum absolute atomic E-state index is 0.0947. The number of benzene rings is 2. The Kier molecular flexibility index (Phi) is 7.63. The van der Waals surface area contributed by atoms with Gasteiger partial charge in [-0.1, -0.05) is 42.5 Å². The van der Waals surface area contributed by atoms with Crippen LogP contribution in [-0.4, -0.2) is 38.7 Å². The van der Waals surface area contributed by atoms with E-state index in [1.54, 1.807) is 0 Å². The molecule has 0 aliphatic carbocycles. The Labute approximate surface area is 169 Å². The van der Waals surface area contributed by atoms with Crippen molar-refractivity contribution < 1.29 is 27.5 Å². The third-order valence-electron chi connectivity index (χ3n) is 3.93. The van der Waals surface area contributed by atoms with Crippen LogP contribution in [0, 0.1) is 0 Å². The summed E-state index contributed by atoms with van der Waals surface area (Å²) in [6, 6.07) is 13.3. The second-order valence-electron chi connectivity index (χ2n) is 6.29. The first kappa shape index (κ1) is 22.3. The summed E-state index contributed by atoms with van der Waals surface area (Å²) in [5, 5.41) is 2.60. The Balaban J connectivity index is 1.84. The molecule has 0 saturated heterocycles. The molecule has 0 bridgehead atoms. The predicted octanol–water partition coefficient (Wildman–Crippen LogP) is 1.42. The molecule has 0 aromatic heterocycles. The normalized spacial score (nSPS) is 12.1. The molecule has 0 fully saturated rings. The Bertz CT molecular complexity index is 972. The van der Waals surface area contributed by atoms with Crippen molar-refractivity contribution in [2.45, 2.75) is 31.3 Å². The van der Waals surface area contributed by atoms with Crippen LogP contribution in [0.1, 0.15) is 29.8 Å². The number of carbonyl (C=O) groups excluding carboxylic acids is 3. The first-order valence-electron chi connectivity index (χ1n) is 8.79. The van der Waals surface area contributed by atoms with Crippen molar-refractivity contribution in [2.24, 2.45) is 0 Å². The maximum Gasteiger partial charge on any atom is 0.324 e. The lowest BCUT2D eigenvalue weighted by Crippen LogP contribution is -2.40. The molecule has 8 nitrogen and oxygen atoms in total. The molecule has 2 aromatic rings. The Morgan fingerprint density at radius 2 is 1.62 bits per heavy atom. The summed E-state index contributed by atoms with van der Waals surface area (Å²) in [4.78, 5) is 35.0. The maximum absolute atomic E-state index is 12.3. The van der Waals surface area contributed by atoms with Crippen LogP contribution in [0.25, 0.3) is 0 Å². The molecule has 0 aliphatic rings. The zero-order chi connectivity index (χ0) is 21.4. The van der Waals surface area contributed by atoms with Gasteiger partial charge in [-0.15, -0.1) is 0 Å². The summed E-state index contributed by atoms with van der Waals surface area (Å²) in [7, 11) is -3.99. The highest BCUT2D eigenvalue weighted by Gasteiger charge is 2.23. The van der Waals surface area contributed by atoms with Crippen molar-refractivity contribution >= 4 is 27.7 Å². The molecule has 1 amide bonds. The predicted molar refractivity (Wildman–Crippen MR) is 105 cm³/mol. The highest BCUT2D eigenvalue weighted by molar-refractivity contribution is 7.89. The lowest BCUT2D eigenvalue weighted by Gasteiger charge is -2.14. The fourth-order valence-electron chi connectivity index (χ4n) is 2.33. The summed E-state index contributed by atoms with van der Waals surface area (Å²) in [5.41, 5.74) is 1.27. The molecule has 29 heavy (non-hydrogen) atoms. The quantitative estimate of drug-likeness (QED) is 0.470. The maximum atomic E-state index is 12.3. The van der Waals surface area contributed by atoms with Crippen LogP contribution in [0.4, 0.5) is 0 Å². The van der Waals surface area contributed by atoms with Crippen LogP contribution in [0.3, 0.4) is 0 Å². The lowest BCUT2D eigenvalue weighted by molar-refractivity contribution is -0.149. The van der Waals surface area contributed by atoms with E-state index in [2.05, 4.69) is 10.0 Å². The Hall–Kier alpha value is -3.04. The van der Waals surface area contributed by atoms with Crippen LogP contribution in [0.15, 0.2) is 59.5 Å². The van der Waals surface area contributed by atoms with Gasteiger partial charge in [0.05, 0.1) is 4.90 Å². The van der Waals surface area contributed by atoms with Crippen molar-refractivity contribution in [3.8, 4) is 0 Å². The average Bonchev–Trinajstić information content (AvgIpc) is 2.70. The zero-order valence-electron chi connectivity index (χ0n) is 16.0. The number of ketones is 1. The van der Waals surface area contributed by atoms with E-state index in [-0.39, 0.29) is 17.2 Å². The van der Waals surface area contributed by atoms with Crippen molar-refractivity contribution in [3.05, 3.63) is 65.7 Å². The Morgan fingerprint density at radius 1 is 1.00 bits per heavy atom. The van der Waals surface area contributed by atoms with Gasteiger partial charge in [-0.05, 0) is 31.5 Å². The van der Waals surface area contributed by atoms with Crippen LogP contribution in [0.2, 0.25) is 0 Å². The van der Waals surface area contributed by atoms with Crippen LogP contribution in [-0.2, 0) is 30.9 Å². The second-order valence-corrected chi connectivity index (χ2v) is 8.01. The van der Waals surface area contributed by atoms with E-state index in [0.29, 0.717) is 5.56 Å². The fourth-order valence-corrected chi connectivity index (χ4v) is 3.52. The molecule has 2 aromatic carbocycles. The average molecular weight is 418 g/mol. The molecule has 154 valence electrons. The van der Waals surface area contributed by atoms with Gasteiger partial charge in [0.2, 0.25) is 10.0 Å². The highest BCUT2D eigenvalue weighted by Crippen LogP contribution is 2.12. The minimum atomic E-state index is -3.99. The van der Waals surface area contributed by atoms with Gasteiger partial charge in [0, 0.05) is 12.1 Å². The molecule has 2 rings (SSSR count). The van der Waals surface area contributed by atoms with E-state index >= 15 is 0 Å². The molecule has 0 radical (unpaired) electrons. The molecular formula is C20H22N2O6S. The lowest BCUT2D eigenvalue weighted by atomic mass is 10.2. The first-order valence-corrected chi connectivity index (χ1v) is 10.3. The number of esters is 1. The van der Waals surface area contributed by atoms with Crippen molar-refractivity contribution in [1.29, 1.82) is 0 Å². The smallest absolute Gasteiger partial charge is 0.324 e. The number of ether oxygens (including phenoxy) is 1. The topological polar surface area (TPSA) is 119 Å². The summed E-state index contributed by atoms with van der Waals surface area (Å²) in [6.07, 6.45) is 0. The minimum Gasteiger partial charge on any atom is -0.454 e. The number of carbonyl (C=O) groups is 3. The number of hydrogen-bond acceptors (Lipinski definition) is 6. The summed E-state index contributed by atoms with van der Waals surface area (Å²) in [5.74, 6) is -1.58. The molecule has 0 aliphatic heterocycles. The van der Waals surface area contributed by atoms with Crippen molar-refractivity contribution in [1.82, 2.24) is 10.0 Å². The molecule has 0 unspecified atom stereocenters. The van der Waals surface area contributed by atoms with Crippen LogP contribution in [0.5, 0.6) is 0 Å². The highest BCUT2D eigenvalue weighted by atomic mass is 32.2. The standard InChI is InChI=1S/C20H22N2O6S/c1-14(22-29(26,27)18-10-8-17(9-11-18)15(2)23)20(25)28-13-19(24)21-12-16-6-4-3-5-7-16/h3-11,14,22H,12-13H2,1-2H3,(H,21,24)/t14-/m0/s1. The summed E-state index contributed by atoms with van der Waals surface area (Å²) >= 11 is 0. The number of nitrogens with one attached hydrogen (secondary N) is 2. The van der Waals surface area contributed by atoms with Crippen molar-refractivity contribution in [3.63, 3.8) is 0 Å². The molecule has 0 heterocycles. The SMILES string of the molecule is CC(=O)c1ccc(S(=O)(=O)N[C@@H](C)C(=O)OCC(=O)NCc2ccccc2)cc1. The van der Waals surface area contributed by atoms with E-state index < -0.39 is 34.5 Å². The van der Waals surface area contributed by atoms with Crippen LogP contribution < -0.4 is 10.0 Å². The van der Waals surface area contributed by atoms with Crippen molar-refractivity contribution in [2.75, 3.05) is 6.61 Å². The van der Waals surface area contributed by atoms with E-state index in [9.17, 15) is 22.8 Å². The number of Topliss-reactive ketones (excluding diaryl/α,β-unsaturated/α-hetero) is 1. The molecular weight excluding hydrogens is 396 g/mol. The third-order valence-corrected chi connectivity index (χ3v) is 5.49. The molecule has 9 heteroatoms. The van der Waals surface area contributed by atoms with E-state index in [1.807, 2.05) is 30.3 Å². The van der Waals surface area contributed by atoms with Gasteiger partial charge < -0.3 is 10.1 Å². The van der Waals surface area contributed by atoms with Gasteiger partial charge in [-0.2, -0.15) is 4.72 Å². The van der Waals surface area contributed by atoms with E-state index in [4.69, 9.17) is 4.74 Å². The largest absolute Gasteiger partial charge is 0.454 e. The van der Waals surface area contributed by atoms with Gasteiger partial charge in [0.25, 0.3) is 5.91 Å². The van der Waals surface area contributed by atoms with Gasteiger partial charge >= 0.3 is 5.97 Å². The Morgan fingerprint density at radius 3 is 2.21 bits per heavy atom. The summed E-state index contributed by atoms with van der Waals surface area (Å²) < 4.78 is 31.7. The monoisotopic (exact) mass is 418 g/mol. The van der Waals surface area contributed by atoms with Crippen LogP contribution >= 0.6 is 0 Å². The van der Waals surface area contributed by atoms with Gasteiger partial charge in [0.1, 0.15) is 6.04 Å². The van der Waals surface area contributed by atoms with Gasteiger partial charge in [-0.3, -0.25) is 14.4 Å². The first-order chi connectivity index (χ1) is 13.7. The summed E-state index contributed by atoms with van der Waals surface area (Å²) in [6.45, 7) is 2.45. The molecule has 0 spiro atoms.